The zero-order valence-corrected chi connectivity index (χ0v) is 10.6. The Morgan fingerprint density at radius 3 is 2.47 bits per heavy atom. The maximum Gasteiger partial charge on any atom is 0.309 e. The third kappa shape index (κ3) is 4.02. The summed E-state index contributed by atoms with van der Waals surface area (Å²) in [5.74, 6) is 0.850. The fourth-order valence-electron chi connectivity index (χ4n) is 2.08. The normalized spacial score (nSPS) is 27.5. The number of halogens is 1. The minimum atomic E-state index is -0.384. The number of rotatable bonds is 2. The van der Waals surface area contributed by atoms with E-state index in [0.717, 1.165) is 19.3 Å². The van der Waals surface area contributed by atoms with Gasteiger partial charge in [0.05, 0.1) is 5.92 Å². The van der Waals surface area contributed by atoms with Gasteiger partial charge in [0.25, 0.3) is 0 Å². The van der Waals surface area contributed by atoms with E-state index in [-0.39, 0.29) is 17.5 Å². The van der Waals surface area contributed by atoms with Crippen LogP contribution < -0.4 is 0 Å². The summed E-state index contributed by atoms with van der Waals surface area (Å²) >= 11 is 5.88. The summed E-state index contributed by atoms with van der Waals surface area (Å²) < 4.78 is 5.41. The van der Waals surface area contributed by atoms with Gasteiger partial charge in [-0.2, -0.15) is 0 Å². The Hall–Kier alpha value is -0.240. The van der Waals surface area contributed by atoms with E-state index < -0.39 is 0 Å². The van der Waals surface area contributed by atoms with Crippen molar-refractivity contribution in [2.75, 3.05) is 5.88 Å². The molecule has 1 aliphatic carbocycles. The van der Waals surface area contributed by atoms with E-state index in [2.05, 4.69) is 0 Å². The number of esters is 1. The van der Waals surface area contributed by atoms with Crippen molar-refractivity contribution in [3.63, 3.8) is 0 Å². The summed E-state index contributed by atoms with van der Waals surface area (Å²) in [6, 6.07) is 0. The van der Waals surface area contributed by atoms with Gasteiger partial charge in [0.15, 0.2) is 0 Å². The predicted molar refractivity (Wildman–Crippen MR) is 62.0 cm³/mol. The minimum absolute atomic E-state index is 0.0236. The molecule has 2 unspecified atom stereocenters. The second kappa shape index (κ2) is 5.20. The van der Waals surface area contributed by atoms with Gasteiger partial charge in [-0.3, -0.25) is 4.79 Å². The summed E-state index contributed by atoms with van der Waals surface area (Å²) in [5, 5.41) is 0. The Morgan fingerprint density at radius 1 is 1.33 bits per heavy atom. The molecule has 0 bridgehead atoms. The highest BCUT2D eigenvalue weighted by Gasteiger charge is 2.33. The van der Waals surface area contributed by atoms with Crippen LogP contribution in [-0.4, -0.2) is 17.5 Å². The van der Waals surface area contributed by atoms with Gasteiger partial charge in [-0.05, 0) is 39.5 Å². The number of alkyl halides is 1. The summed E-state index contributed by atoms with van der Waals surface area (Å²) in [7, 11) is 0. The predicted octanol–water partition coefficient (Wildman–Crippen LogP) is 3.37. The summed E-state index contributed by atoms with van der Waals surface area (Å²) in [4.78, 5) is 11.9. The molecule has 1 aliphatic rings. The van der Waals surface area contributed by atoms with Gasteiger partial charge in [-0.15, -0.1) is 11.6 Å². The Balaban J connectivity index is 2.56. The first-order valence-electron chi connectivity index (χ1n) is 5.73. The molecule has 0 saturated heterocycles. The minimum Gasteiger partial charge on any atom is -0.460 e. The molecular formula is C12H21ClO2. The van der Waals surface area contributed by atoms with E-state index in [0.29, 0.717) is 11.8 Å². The second-order valence-corrected chi connectivity index (χ2v) is 5.65. The topological polar surface area (TPSA) is 26.3 Å². The fraction of sp³-hybridized carbons (Fsp3) is 0.917. The lowest BCUT2D eigenvalue weighted by molar-refractivity contribution is -0.162. The molecule has 1 fully saturated rings. The number of hydrogen-bond acceptors (Lipinski definition) is 2. The smallest absolute Gasteiger partial charge is 0.309 e. The molecule has 0 aromatic heterocycles. The van der Waals surface area contributed by atoms with Gasteiger partial charge < -0.3 is 4.74 Å². The van der Waals surface area contributed by atoms with Gasteiger partial charge in [0.2, 0.25) is 0 Å². The number of carbonyl (C=O) groups is 1. The highest BCUT2D eigenvalue weighted by Crippen LogP contribution is 2.32. The standard InChI is InChI=1S/C12H21ClO2/c1-12(2,3)15-11(14)10-7-5-4-6-9(10)8-13/h9-10H,4-8H2,1-3H3. The van der Waals surface area contributed by atoms with Crippen LogP contribution in [0.4, 0.5) is 0 Å². The van der Waals surface area contributed by atoms with Crippen molar-refractivity contribution in [3.05, 3.63) is 0 Å². The quantitative estimate of drug-likeness (QED) is 0.539. The van der Waals surface area contributed by atoms with Gasteiger partial charge in [-0.25, -0.2) is 0 Å². The molecular weight excluding hydrogens is 212 g/mol. The third-order valence-electron chi connectivity index (χ3n) is 2.82. The molecule has 2 atom stereocenters. The van der Waals surface area contributed by atoms with Gasteiger partial charge in [0, 0.05) is 5.88 Å². The van der Waals surface area contributed by atoms with Crippen LogP contribution in [0, 0.1) is 11.8 Å². The van der Waals surface area contributed by atoms with Gasteiger partial charge in [0.1, 0.15) is 5.60 Å². The third-order valence-corrected chi connectivity index (χ3v) is 3.21. The van der Waals surface area contributed by atoms with Crippen molar-refractivity contribution in [2.24, 2.45) is 11.8 Å². The average molecular weight is 233 g/mol. The van der Waals surface area contributed by atoms with Crippen LogP contribution in [0.3, 0.4) is 0 Å². The van der Waals surface area contributed by atoms with Crippen LogP contribution in [0.2, 0.25) is 0 Å². The van der Waals surface area contributed by atoms with E-state index in [4.69, 9.17) is 16.3 Å². The number of ether oxygens (including phenoxy) is 1. The lowest BCUT2D eigenvalue weighted by atomic mass is 9.80. The molecule has 0 heterocycles. The Labute approximate surface area is 97.3 Å². The molecule has 0 amide bonds. The highest BCUT2D eigenvalue weighted by atomic mass is 35.5. The van der Waals surface area contributed by atoms with E-state index in [9.17, 15) is 4.79 Å². The van der Waals surface area contributed by atoms with E-state index in [1.807, 2.05) is 20.8 Å². The molecule has 0 radical (unpaired) electrons. The molecule has 3 heteroatoms. The first-order chi connectivity index (χ1) is 6.94. The lowest BCUT2D eigenvalue weighted by Crippen LogP contribution is -2.34. The lowest BCUT2D eigenvalue weighted by Gasteiger charge is -2.31. The van der Waals surface area contributed by atoms with E-state index >= 15 is 0 Å². The molecule has 0 aliphatic heterocycles. The number of carbonyl (C=O) groups excluding carboxylic acids is 1. The monoisotopic (exact) mass is 232 g/mol. The maximum atomic E-state index is 11.9. The Morgan fingerprint density at radius 2 is 1.93 bits per heavy atom. The van der Waals surface area contributed by atoms with E-state index in [1.54, 1.807) is 0 Å². The van der Waals surface area contributed by atoms with Crippen LogP contribution in [-0.2, 0) is 9.53 Å². The first-order valence-corrected chi connectivity index (χ1v) is 6.26. The largest absolute Gasteiger partial charge is 0.460 e. The summed E-state index contributed by atoms with van der Waals surface area (Å²) in [6.45, 7) is 5.72. The van der Waals surface area contributed by atoms with Gasteiger partial charge >= 0.3 is 5.97 Å². The average Bonchev–Trinajstić information content (AvgIpc) is 2.15. The van der Waals surface area contributed by atoms with Crippen molar-refractivity contribution in [1.29, 1.82) is 0 Å². The molecule has 1 rings (SSSR count). The molecule has 0 N–H and O–H groups in total. The first kappa shape index (κ1) is 12.8. The molecule has 0 aromatic carbocycles. The SMILES string of the molecule is CC(C)(C)OC(=O)C1CCCCC1CCl. The number of hydrogen-bond donors (Lipinski definition) is 0. The fourth-order valence-corrected chi connectivity index (χ4v) is 2.45. The van der Waals surface area contributed by atoms with Crippen LogP contribution in [0.5, 0.6) is 0 Å². The summed E-state index contributed by atoms with van der Waals surface area (Å²) in [5.41, 5.74) is -0.384. The summed E-state index contributed by atoms with van der Waals surface area (Å²) in [6.07, 6.45) is 4.31. The van der Waals surface area contributed by atoms with Crippen molar-refractivity contribution >= 4 is 17.6 Å². The van der Waals surface area contributed by atoms with Gasteiger partial charge in [-0.1, -0.05) is 12.8 Å². The van der Waals surface area contributed by atoms with Crippen LogP contribution in [0.15, 0.2) is 0 Å². The van der Waals surface area contributed by atoms with Crippen molar-refractivity contribution < 1.29 is 9.53 Å². The van der Waals surface area contributed by atoms with Crippen molar-refractivity contribution in [1.82, 2.24) is 0 Å². The molecule has 2 nitrogen and oxygen atoms in total. The highest BCUT2D eigenvalue weighted by molar-refractivity contribution is 6.18. The molecule has 0 spiro atoms. The molecule has 0 aromatic rings. The molecule has 15 heavy (non-hydrogen) atoms. The van der Waals surface area contributed by atoms with Crippen molar-refractivity contribution in [2.45, 2.75) is 52.1 Å². The molecule has 1 saturated carbocycles. The van der Waals surface area contributed by atoms with Crippen LogP contribution in [0.1, 0.15) is 46.5 Å². The van der Waals surface area contributed by atoms with Crippen LogP contribution in [0.25, 0.3) is 0 Å². The Kier molecular flexibility index (Phi) is 4.45. The van der Waals surface area contributed by atoms with Crippen LogP contribution >= 0.6 is 11.6 Å². The Bertz CT molecular complexity index is 220. The second-order valence-electron chi connectivity index (χ2n) is 5.34. The maximum absolute atomic E-state index is 11.9. The molecule has 88 valence electrons. The van der Waals surface area contributed by atoms with E-state index in [1.165, 1.54) is 6.42 Å². The van der Waals surface area contributed by atoms with Crippen molar-refractivity contribution in [3.8, 4) is 0 Å². The zero-order chi connectivity index (χ0) is 11.5. The zero-order valence-electron chi connectivity index (χ0n) is 9.88.